The highest BCUT2D eigenvalue weighted by atomic mass is 32.1. The number of hydrogen-bond acceptors (Lipinski definition) is 6. The van der Waals surface area contributed by atoms with Crippen LogP contribution in [-0.2, 0) is 24.1 Å². The largest absolute Gasteiger partial charge is 0.497 e. The molecular formula is C23H23N3O3S. The van der Waals surface area contributed by atoms with Crippen LogP contribution in [0.25, 0.3) is 4.85 Å². The monoisotopic (exact) mass is 421 g/mol. The van der Waals surface area contributed by atoms with E-state index in [2.05, 4.69) is 15.0 Å². The van der Waals surface area contributed by atoms with E-state index in [0.717, 1.165) is 26.9 Å². The summed E-state index contributed by atoms with van der Waals surface area (Å²) in [5.41, 5.74) is 2.55. The molecule has 1 aromatic heterocycles. The van der Waals surface area contributed by atoms with Crippen molar-refractivity contribution >= 4 is 22.8 Å². The summed E-state index contributed by atoms with van der Waals surface area (Å²) in [6, 6.07) is 14.9. The van der Waals surface area contributed by atoms with Gasteiger partial charge >= 0.3 is 0 Å². The Kier molecular flexibility index (Phi) is 7.66. The molecule has 0 spiro atoms. The van der Waals surface area contributed by atoms with Crippen LogP contribution in [0.3, 0.4) is 0 Å². The van der Waals surface area contributed by atoms with E-state index in [-0.39, 0.29) is 18.3 Å². The van der Waals surface area contributed by atoms with E-state index in [9.17, 15) is 4.79 Å². The van der Waals surface area contributed by atoms with Crippen molar-refractivity contribution in [1.82, 2.24) is 10.2 Å². The van der Waals surface area contributed by atoms with Crippen molar-refractivity contribution in [3.63, 3.8) is 0 Å². The van der Waals surface area contributed by atoms with Crippen LogP contribution < -0.4 is 4.74 Å². The number of carbonyl (C=O) groups excluding carboxylic acids is 1. The van der Waals surface area contributed by atoms with Crippen molar-refractivity contribution < 1.29 is 14.6 Å². The molecule has 30 heavy (non-hydrogen) atoms. The van der Waals surface area contributed by atoms with Gasteiger partial charge in [-0.2, -0.15) is 0 Å². The number of aromatic nitrogens is 2. The molecule has 6 nitrogen and oxygen atoms in total. The molecule has 0 bridgehead atoms. The summed E-state index contributed by atoms with van der Waals surface area (Å²) in [5.74, 6) is 0.816. The Morgan fingerprint density at radius 3 is 2.47 bits per heavy atom. The molecule has 0 amide bonds. The highest BCUT2D eigenvalue weighted by molar-refractivity contribution is 7.11. The van der Waals surface area contributed by atoms with Gasteiger partial charge in [0.1, 0.15) is 21.5 Å². The Bertz CT molecular complexity index is 1010. The number of ketones is 1. The molecule has 0 saturated carbocycles. The fraction of sp³-hybridized carbons (Fsp3) is 0.304. The predicted molar refractivity (Wildman–Crippen MR) is 116 cm³/mol. The standard InChI is InChI=1S/C23H23N3O3S/c1-24-19-7-3-17(4-8-19)14-20(28)15-18(23-26-25-22(30-23)11-12-27)13-16-5-9-21(29-2)10-6-16/h3-10,18,27H,11-15H2,2H3/t18-/m1/s1. The van der Waals surface area contributed by atoms with Crippen molar-refractivity contribution in [2.75, 3.05) is 13.7 Å². The fourth-order valence-electron chi connectivity index (χ4n) is 3.18. The maximum Gasteiger partial charge on any atom is 0.187 e. The van der Waals surface area contributed by atoms with Crippen LogP contribution in [0.15, 0.2) is 48.5 Å². The first-order valence-electron chi connectivity index (χ1n) is 9.65. The Morgan fingerprint density at radius 2 is 1.83 bits per heavy atom. The molecule has 1 heterocycles. The minimum atomic E-state index is -0.0849. The number of aliphatic hydroxyl groups is 1. The average Bonchev–Trinajstić information content (AvgIpc) is 3.23. The number of aliphatic hydroxyl groups excluding tert-OH is 1. The first kappa shape index (κ1) is 21.6. The van der Waals surface area contributed by atoms with Gasteiger partial charge in [0.15, 0.2) is 5.69 Å². The number of Topliss-reactive ketones (excluding diaryl/α,β-unsaturated/α-hetero) is 1. The van der Waals surface area contributed by atoms with Crippen LogP contribution in [-0.4, -0.2) is 34.8 Å². The van der Waals surface area contributed by atoms with Gasteiger partial charge in [-0.15, -0.1) is 21.5 Å². The molecule has 0 radical (unpaired) electrons. The summed E-state index contributed by atoms with van der Waals surface area (Å²) >= 11 is 1.45. The van der Waals surface area contributed by atoms with Crippen LogP contribution in [0.1, 0.15) is 33.5 Å². The zero-order valence-corrected chi connectivity index (χ0v) is 17.6. The lowest BCUT2D eigenvalue weighted by Crippen LogP contribution is -2.12. The van der Waals surface area contributed by atoms with E-state index in [1.165, 1.54) is 11.3 Å². The molecule has 0 saturated heterocycles. The van der Waals surface area contributed by atoms with Crippen molar-refractivity contribution in [3.8, 4) is 5.75 Å². The zero-order chi connectivity index (χ0) is 21.3. The summed E-state index contributed by atoms with van der Waals surface area (Å²) in [7, 11) is 1.63. The number of carbonyl (C=O) groups is 1. The number of methoxy groups -OCH3 is 1. The second kappa shape index (κ2) is 10.6. The molecule has 154 valence electrons. The van der Waals surface area contributed by atoms with E-state index < -0.39 is 0 Å². The molecule has 0 aliphatic heterocycles. The zero-order valence-electron chi connectivity index (χ0n) is 16.7. The van der Waals surface area contributed by atoms with Gasteiger partial charge in [0.25, 0.3) is 0 Å². The van der Waals surface area contributed by atoms with Gasteiger partial charge in [0, 0.05) is 31.8 Å². The molecule has 0 fully saturated rings. The van der Waals surface area contributed by atoms with Crippen molar-refractivity contribution in [1.29, 1.82) is 0 Å². The maximum absolute atomic E-state index is 12.8. The minimum absolute atomic E-state index is 0.0251. The van der Waals surface area contributed by atoms with Gasteiger partial charge in [-0.25, -0.2) is 4.85 Å². The molecule has 0 aliphatic rings. The topological polar surface area (TPSA) is 76.7 Å². The Balaban J connectivity index is 1.74. The van der Waals surface area contributed by atoms with Gasteiger partial charge < -0.3 is 9.84 Å². The highest BCUT2D eigenvalue weighted by Gasteiger charge is 2.21. The summed E-state index contributed by atoms with van der Waals surface area (Å²) in [5, 5.41) is 19.2. The number of rotatable bonds is 10. The van der Waals surface area contributed by atoms with Crippen LogP contribution >= 0.6 is 11.3 Å². The van der Waals surface area contributed by atoms with Gasteiger partial charge in [-0.1, -0.05) is 36.4 Å². The van der Waals surface area contributed by atoms with Gasteiger partial charge in [0.2, 0.25) is 0 Å². The second-order valence-electron chi connectivity index (χ2n) is 6.95. The Labute approximate surface area is 180 Å². The molecule has 3 rings (SSSR count). The third-order valence-corrected chi connectivity index (χ3v) is 5.88. The van der Waals surface area contributed by atoms with Crippen molar-refractivity contribution in [3.05, 3.63) is 81.1 Å². The van der Waals surface area contributed by atoms with Crippen LogP contribution in [0, 0.1) is 6.57 Å². The summed E-state index contributed by atoms with van der Waals surface area (Å²) in [6.07, 6.45) is 1.80. The van der Waals surface area contributed by atoms with Crippen molar-refractivity contribution in [2.24, 2.45) is 0 Å². The normalized spacial score (nSPS) is 11.6. The third-order valence-electron chi connectivity index (χ3n) is 4.74. The van der Waals surface area contributed by atoms with Gasteiger partial charge in [-0.05, 0) is 29.7 Å². The smallest absolute Gasteiger partial charge is 0.187 e. The second-order valence-corrected chi connectivity index (χ2v) is 8.05. The van der Waals surface area contributed by atoms with E-state index in [1.807, 2.05) is 36.4 Å². The lowest BCUT2D eigenvalue weighted by molar-refractivity contribution is -0.118. The highest BCUT2D eigenvalue weighted by Crippen LogP contribution is 2.29. The first-order valence-corrected chi connectivity index (χ1v) is 10.5. The summed E-state index contributed by atoms with van der Waals surface area (Å²) < 4.78 is 5.22. The minimum Gasteiger partial charge on any atom is -0.497 e. The number of nitrogens with zero attached hydrogens (tertiary/aromatic N) is 3. The summed E-state index contributed by atoms with van der Waals surface area (Å²) in [4.78, 5) is 16.2. The van der Waals surface area contributed by atoms with Crippen LogP contribution in [0.5, 0.6) is 5.75 Å². The lowest BCUT2D eigenvalue weighted by Gasteiger charge is -2.14. The molecule has 1 atom stereocenters. The third kappa shape index (κ3) is 5.96. The van der Waals surface area contributed by atoms with Gasteiger partial charge in [0.05, 0.1) is 13.7 Å². The number of benzene rings is 2. The lowest BCUT2D eigenvalue weighted by atomic mass is 9.92. The molecule has 7 heteroatoms. The Morgan fingerprint density at radius 1 is 1.13 bits per heavy atom. The van der Waals surface area contributed by atoms with Crippen LogP contribution in [0.2, 0.25) is 0 Å². The number of ether oxygens (including phenoxy) is 1. The number of hydrogen-bond donors (Lipinski definition) is 1. The maximum atomic E-state index is 12.8. The van der Waals surface area contributed by atoms with E-state index in [4.69, 9.17) is 16.4 Å². The van der Waals surface area contributed by atoms with E-state index in [0.29, 0.717) is 31.4 Å². The Hall–Kier alpha value is -3.08. The molecule has 0 unspecified atom stereocenters. The first-order chi connectivity index (χ1) is 14.6. The average molecular weight is 422 g/mol. The summed E-state index contributed by atoms with van der Waals surface area (Å²) in [6.45, 7) is 7.06. The predicted octanol–water partition coefficient (Wildman–Crippen LogP) is 4.16. The van der Waals surface area contributed by atoms with Gasteiger partial charge in [-0.3, -0.25) is 4.79 Å². The molecule has 2 aromatic carbocycles. The molecular weight excluding hydrogens is 398 g/mol. The molecule has 3 aromatic rings. The molecule has 0 aliphatic carbocycles. The van der Waals surface area contributed by atoms with Crippen molar-refractivity contribution in [2.45, 2.75) is 31.6 Å². The SMILES string of the molecule is [C-]#[N+]c1ccc(CC(=O)C[C@@H](Cc2ccc(OC)cc2)c2nnc(CCO)s2)cc1. The van der Waals surface area contributed by atoms with Crippen LogP contribution in [0.4, 0.5) is 5.69 Å². The van der Waals surface area contributed by atoms with E-state index in [1.54, 1.807) is 19.2 Å². The fourth-order valence-corrected chi connectivity index (χ4v) is 4.12. The quantitative estimate of drug-likeness (QED) is 0.498. The van der Waals surface area contributed by atoms with E-state index >= 15 is 0 Å². The molecule has 1 N–H and O–H groups in total.